The highest BCUT2D eigenvalue weighted by Crippen LogP contribution is 2.28. The minimum atomic E-state index is -0.564. The van der Waals surface area contributed by atoms with Gasteiger partial charge in [0.05, 0.1) is 32.4 Å². The summed E-state index contributed by atoms with van der Waals surface area (Å²) in [6.07, 6.45) is 2.00. The van der Waals surface area contributed by atoms with Gasteiger partial charge in [0.15, 0.2) is 5.96 Å². The van der Waals surface area contributed by atoms with Gasteiger partial charge < -0.3 is 24.8 Å². The lowest BCUT2D eigenvalue weighted by molar-refractivity contribution is -0.00855. The molecule has 2 N–H and O–H groups in total. The zero-order valence-corrected chi connectivity index (χ0v) is 19.3. The Morgan fingerprint density at radius 3 is 2.89 bits per heavy atom. The fourth-order valence-electron chi connectivity index (χ4n) is 3.30. The summed E-state index contributed by atoms with van der Waals surface area (Å²) in [5, 5.41) is 13.5. The van der Waals surface area contributed by atoms with Gasteiger partial charge in [0.2, 0.25) is 0 Å². The molecule has 2 unspecified atom stereocenters. The molecule has 1 aliphatic carbocycles. The van der Waals surface area contributed by atoms with E-state index in [4.69, 9.17) is 9.47 Å². The summed E-state index contributed by atoms with van der Waals surface area (Å²) in [4.78, 5) is 6.87. The third-order valence-electron chi connectivity index (χ3n) is 5.05. The van der Waals surface area contributed by atoms with Crippen molar-refractivity contribution in [2.45, 2.75) is 38.9 Å². The van der Waals surface area contributed by atoms with E-state index in [2.05, 4.69) is 53.3 Å². The molecule has 0 aromatic heterocycles. The van der Waals surface area contributed by atoms with Crippen LogP contribution in [0.3, 0.4) is 0 Å². The highest BCUT2D eigenvalue weighted by Gasteiger charge is 2.25. The normalized spacial score (nSPS) is 21.2. The highest BCUT2D eigenvalue weighted by atomic mass is 127. The van der Waals surface area contributed by atoms with E-state index < -0.39 is 6.10 Å². The first-order valence-corrected chi connectivity index (χ1v) is 10.1. The largest absolute Gasteiger partial charge is 0.389 e. The number of ether oxygens (including phenoxy) is 2. The summed E-state index contributed by atoms with van der Waals surface area (Å²) in [5.41, 5.74) is 2.47. The topological polar surface area (TPSA) is 66.3 Å². The molecule has 1 saturated heterocycles. The van der Waals surface area contributed by atoms with Crippen molar-refractivity contribution >= 4 is 29.9 Å². The molecule has 2 aliphatic rings. The van der Waals surface area contributed by atoms with Gasteiger partial charge in [0, 0.05) is 19.7 Å². The van der Waals surface area contributed by atoms with E-state index in [-0.39, 0.29) is 30.1 Å². The van der Waals surface area contributed by atoms with Crippen LogP contribution < -0.4 is 5.32 Å². The van der Waals surface area contributed by atoms with Crippen molar-refractivity contribution < 1.29 is 14.6 Å². The average Bonchev–Trinajstić information content (AvgIpc) is 3.50. The number of nitrogens with zero attached hydrogens (tertiary/aromatic N) is 2. The van der Waals surface area contributed by atoms with E-state index in [0.29, 0.717) is 25.7 Å². The summed E-state index contributed by atoms with van der Waals surface area (Å²) in [6, 6.07) is 8.36. The van der Waals surface area contributed by atoms with Gasteiger partial charge in [-0.25, -0.2) is 0 Å². The summed E-state index contributed by atoms with van der Waals surface area (Å²) < 4.78 is 11.6. The van der Waals surface area contributed by atoms with Gasteiger partial charge in [-0.1, -0.05) is 24.3 Å². The monoisotopic (exact) mass is 503 g/mol. The Morgan fingerprint density at radius 2 is 2.18 bits per heavy atom. The first-order chi connectivity index (χ1) is 13.2. The smallest absolute Gasteiger partial charge is 0.194 e. The summed E-state index contributed by atoms with van der Waals surface area (Å²) in [5.74, 6) is 1.55. The molecule has 1 aliphatic heterocycles. The number of aliphatic imine (C=N–C) groups is 1. The molecule has 0 radical (unpaired) electrons. The van der Waals surface area contributed by atoms with E-state index in [1.54, 1.807) is 0 Å². The molecule has 2 atom stereocenters. The molecular weight excluding hydrogens is 469 g/mol. The Morgan fingerprint density at radius 1 is 1.39 bits per heavy atom. The van der Waals surface area contributed by atoms with Gasteiger partial charge in [-0.05, 0) is 43.7 Å². The van der Waals surface area contributed by atoms with Crippen molar-refractivity contribution in [2.24, 2.45) is 10.9 Å². The Balaban J connectivity index is 0.00000280. The number of aryl methyl sites for hydroxylation is 1. The number of hydrogen-bond donors (Lipinski definition) is 2. The van der Waals surface area contributed by atoms with E-state index >= 15 is 0 Å². The molecule has 0 bridgehead atoms. The second-order valence-corrected chi connectivity index (χ2v) is 7.49. The number of aliphatic hydroxyl groups excluding tert-OH is 1. The summed E-state index contributed by atoms with van der Waals surface area (Å²) >= 11 is 0. The van der Waals surface area contributed by atoms with Crippen LogP contribution >= 0.6 is 24.0 Å². The molecule has 0 spiro atoms. The molecule has 1 heterocycles. The van der Waals surface area contributed by atoms with E-state index in [9.17, 15) is 5.11 Å². The number of benzene rings is 1. The second-order valence-electron chi connectivity index (χ2n) is 7.49. The molecule has 28 heavy (non-hydrogen) atoms. The van der Waals surface area contributed by atoms with Crippen LogP contribution in [0.25, 0.3) is 0 Å². The fraction of sp³-hybridized carbons (Fsp3) is 0.667. The van der Waals surface area contributed by atoms with Gasteiger partial charge >= 0.3 is 0 Å². The van der Waals surface area contributed by atoms with Crippen LogP contribution in [0.15, 0.2) is 29.3 Å². The number of halogens is 1. The van der Waals surface area contributed by atoms with Crippen molar-refractivity contribution in [3.8, 4) is 0 Å². The van der Waals surface area contributed by atoms with Crippen molar-refractivity contribution in [3.05, 3.63) is 35.4 Å². The SMILES string of the molecule is CCNC(=NCC(O)COCC1CC1)N1CCOC(c2ccccc2C)C1.I. The van der Waals surface area contributed by atoms with Gasteiger partial charge in [-0.15, -0.1) is 24.0 Å². The van der Waals surface area contributed by atoms with Crippen LogP contribution in [0.1, 0.15) is 37.0 Å². The summed E-state index contributed by atoms with van der Waals surface area (Å²) in [6.45, 7) is 8.65. The highest BCUT2D eigenvalue weighted by molar-refractivity contribution is 14.0. The van der Waals surface area contributed by atoms with Crippen LogP contribution in [-0.4, -0.2) is 68.1 Å². The third-order valence-corrected chi connectivity index (χ3v) is 5.05. The number of nitrogens with one attached hydrogen (secondary N) is 1. The lowest BCUT2D eigenvalue weighted by Gasteiger charge is -2.36. The minimum Gasteiger partial charge on any atom is -0.389 e. The van der Waals surface area contributed by atoms with Crippen LogP contribution in [-0.2, 0) is 9.47 Å². The van der Waals surface area contributed by atoms with Crippen molar-refractivity contribution in [2.75, 3.05) is 46.0 Å². The molecule has 1 aromatic carbocycles. The number of guanidine groups is 1. The molecule has 7 heteroatoms. The third kappa shape index (κ3) is 7.17. The van der Waals surface area contributed by atoms with Crippen molar-refractivity contribution in [1.29, 1.82) is 0 Å². The van der Waals surface area contributed by atoms with E-state index in [1.165, 1.54) is 24.0 Å². The quantitative estimate of drug-likeness (QED) is 0.325. The van der Waals surface area contributed by atoms with Gasteiger partial charge in [0.25, 0.3) is 0 Å². The molecule has 1 saturated carbocycles. The van der Waals surface area contributed by atoms with Crippen LogP contribution in [0.2, 0.25) is 0 Å². The Bertz CT molecular complexity index is 625. The predicted octanol–water partition coefficient (Wildman–Crippen LogP) is 2.74. The maximum atomic E-state index is 10.2. The van der Waals surface area contributed by atoms with Crippen molar-refractivity contribution in [3.63, 3.8) is 0 Å². The average molecular weight is 503 g/mol. The molecule has 6 nitrogen and oxygen atoms in total. The standard InChI is InChI=1S/C21H33N3O3.HI/c1-3-22-21(23-12-18(25)15-26-14-17-8-9-17)24-10-11-27-20(13-24)19-7-5-4-6-16(19)2;/h4-7,17-18,20,25H,3,8-15H2,1-2H3,(H,22,23);1H. The first-order valence-electron chi connectivity index (χ1n) is 10.1. The lowest BCUT2D eigenvalue weighted by Crippen LogP contribution is -2.48. The van der Waals surface area contributed by atoms with Crippen LogP contribution in [0.4, 0.5) is 0 Å². The number of aliphatic hydroxyl groups is 1. The van der Waals surface area contributed by atoms with Gasteiger partial charge in [-0.3, -0.25) is 4.99 Å². The second kappa shape index (κ2) is 11.9. The molecule has 0 amide bonds. The minimum absolute atomic E-state index is 0. The molecule has 158 valence electrons. The van der Waals surface area contributed by atoms with E-state index in [1.807, 2.05) is 0 Å². The van der Waals surface area contributed by atoms with Crippen LogP contribution in [0, 0.1) is 12.8 Å². The molecule has 3 rings (SSSR count). The Kier molecular flexibility index (Phi) is 9.98. The zero-order chi connectivity index (χ0) is 19.1. The number of hydrogen-bond acceptors (Lipinski definition) is 4. The zero-order valence-electron chi connectivity index (χ0n) is 17.0. The molecule has 2 fully saturated rings. The van der Waals surface area contributed by atoms with Gasteiger partial charge in [0.1, 0.15) is 6.10 Å². The predicted molar refractivity (Wildman–Crippen MR) is 122 cm³/mol. The molecule has 1 aromatic rings. The van der Waals surface area contributed by atoms with Crippen LogP contribution in [0.5, 0.6) is 0 Å². The maximum absolute atomic E-state index is 10.2. The number of rotatable bonds is 8. The Labute approximate surface area is 185 Å². The lowest BCUT2D eigenvalue weighted by atomic mass is 10.0. The fourth-order valence-corrected chi connectivity index (χ4v) is 3.30. The first kappa shape index (κ1) is 23.4. The summed E-state index contributed by atoms with van der Waals surface area (Å²) in [7, 11) is 0. The number of morpholine rings is 1. The maximum Gasteiger partial charge on any atom is 0.194 e. The van der Waals surface area contributed by atoms with Gasteiger partial charge in [-0.2, -0.15) is 0 Å². The Hall–Kier alpha value is -0.900. The van der Waals surface area contributed by atoms with E-state index in [0.717, 1.165) is 32.2 Å². The molecular formula is C21H34IN3O3. The van der Waals surface area contributed by atoms with Crippen molar-refractivity contribution in [1.82, 2.24) is 10.2 Å².